The lowest BCUT2D eigenvalue weighted by atomic mass is 10.1. The molecule has 0 aliphatic rings. The number of nitrogens with zero attached hydrogens (tertiary/aromatic N) is 1. The molecule has 3 N–H and O–H groups in total. The standard InChI is InChI=1S/C14H20N2O/c15-11-13-6-4-5-12-7-9-16(14(12)13)8-2-1-3-10-17/h4-7,9,17H,1-3,8,10-11,15H2. The molecule has 0 saturated heterocycles. The van der Waals surface area contributed by atoms with Crippen LogP contribution in [0.25, 0.3) is 10.9 Å². The number of aliphatic hydroxyl groups excluding tert-OH is 1. The predicted octanol–water partition coefficient (Wildman–Crippen LogP) is 2.26. The largest absolute Gasteiger partial charge is 0.396 e. The van der Waals surface area contributed by atoms with E-state index in [4.69, 9.17) is 10.8 Å². The van der Waals surface area contributed by atoms with Gasteiger partial charge in [0.2, 0.25) is 0 Å². The summed E-state index contributed by atoms with van der Waals surface area (Å²) < 4.78 is 2.27. The van der Waals surface area contributed by atoms with E-state index < -0.39 is 0 Å². The van der Waals surface area contributed by atoms with Crippen molar-refractivity contribution in [2.24, 2.45) is 5.73 Å². The van der Waals surface area contributed by atoms with Crippen molar-refractivity contribution >= 4 is 10.9 Å². The van der Waals surface area contributed by atoms with Crippen molar-refractivity contribution in [3.8, 4) is 0 Å². The van der Waals surface area contributed by atoms with E-state index in [1.54, 1.807) is 0 Å². The Labute approximate surface area is 102 Å². The number of aromatic nitrogens is 1. The van der Waals surface area contributed by atoms with Crippen molar-refractivity contribution in [1.82, 2.24) is 4.57 Å². The zero-order valence-corrected chi connectivity index (χ0v) is 10.1. The fraction of sp³-hybridized carbons (Fsp3) is 0.429. The zero-order valence-electron chi connectivity index (χ0n) is 10.1. The maximum absolute atomic E-state index is 8.75. The van der Waals surface area contributed by atoms with E-state index in [1.165, 1.54) is 16.5 Å². The number of hydrogen-bond acceptors (Lipinski definition) is 2. The van der Waals surface area contributed by atoms with Gasteiger partial charge in [-0.05, 0) is 36.3 Å². The first-order valence-corrected chi connectivity index (χ1v) is 6.24. The summed E-state index contributed by atoms with van der Waals surface area (Å²) in [5.74, 6) is 0. The topological polar surface area (TPSA) is 51.2 Å². The number of benzene rings is 1. The molecule has 17 heavy (non-hydrogen) atoms. The molecule has 2 rings (SSSR count). The quantitative estimate of drug-likeness (QED) is 0.751. The normalized spacial score (nSPS) is 11.2. The molecule has 0 aliphatic carbocycles. The minimum absolute atomic E-state index is 0.292. The van der Waals surface area contributed by atoms with Gasteiger partial charge in [-0.2, -0.15) is 0 Å². The van der Waals surface area contributed by atoms with Gasteiger partial charge in [0.1, 0.15) is 0 Å². The molecule has 1 aromatic carbocycles. The maximum Gasteiger partial charge on any atom is 0.0525 e. The second kappa shape index (κ2) is 5.84. The molecule has 0 radical (unpaired) electrons. The Balaban J connectivity index is 2.16. The van der Waals surface area contributed by atoms with E-state index in [-0.39, 0.29) is 0 Å². The highest BCUT2D eigenvalue weighted by atomic mass is 16.2. The monoisotopic (exact) mass is 232 g/mol. The van der Waals surface area contributed by atoms with Gasteiger partial charge in [0.05, 0.1) is 5.52 Å². The van der Waals surface area contributed by atoms with Crippen molar-refractivity contribution < 1.29 is 5.11 Å². The minimum Gasteiger partial charge on any atom is -0.396 e. The number of para-hydroxylation sites is 1. The first-order chi connectivity index (χ1) is 8.36. The lowest BCUT2D eigenvalue weighted by Gasteiger charge is -2.08. The highest BCUT2D eigenvalue weighted by molar-refractivity contribution is 5.83. The maximum atomic E-state index is 8.75. The summed E-state index contributed by atoms with van der Waals surface area (Å²) in [5.41, 5.74) is 8.24. The van der Waals surface area contributed by atoms with E-state index in [9.17, 15) is 0 Å². The summed E-state index contributed by atoms with van der Waals surface area (Å²) in [5, 5.41) is 10.0. The highest BCUT2D eigenvalue weighted by Crippen LogP contribution is 2.20. The summed E-state index contributed by atoms with van der Waals surface area (Å²) in [6.07, 6.45) is 5.19. The summed E-state index contributed by atoms with van der Waals surface area (Å²) in [6, 6.07) is 8.41. The van der Waals surface area contributed by atoms with Crippen molar-refractivity contribution in [3.05, 3.63) is 36.0 Å². The number of fused-ring (bicyclic) bond motifs is 1. The summed E-state index contributed by atoms with van der Waals surface area (Å²) >= 11 is 0. The SMILES string of the molecule is NCc1cccc2ccn(CCCCCO)c12. The van der Waals surface area contributed by atoms with Crippen molar-refractivity contribution in [2.45, 2.75) is 32.4 Å². The number of nitrogens with two attached hydrogens (primary N) is 1. The van der Waals surface area contributed by atoms with Crippen LogP contribution in [0.15, 0.2) is 30.5 Å². The van der Waals surface area contributed by atoms with Gasteiger partial charge in [-0.25, -0.2) is 0 Å². The third-order valence-corrected chi connectivity index (χ3v) is 3.15. The Hall–Kier alpha value is -1.32. The van der Waals surface area contributed by atoms with Crippen LogP contribution in [0, 0.1) is 0 Å². The lowest BCUT2D eigenvalue weighted by molar-refractivity contribution is 0.282. The highest BCUT2D eigenvalue weighted by Gasteiger charge is 2.04. The number of aryl methyl sites for hydroxylation is 1. The number of unbranched alkanes of at least 4 members (excludes halogenated alkanes) is 2. The molecule has 2 aromatic rings. The van der Waals surface area contributed by atoms with Gasteiger partial charge in [-0.3, -0.25) is 0 Å². The van der Waals surface area contributed by atoms with Gasteiger partial charge >= 0.3 is 0 Å². The van der Waals surface area contributed by atoms with Gasteiger partial charge < -0.3 is 15.4 Å². The fourth-order valence-corrected chi connectivity index (χ4v) is 2.26. The van der Waals surface area contributed by atoms with Crippen LogP contribution in [0.5, 0.6) is 0 Å². The number of aliphatic hydroxyl groups is 1. The van der Waals surface area contributed by atoms with E-state index >= 15 is 0 Å². The fourth-order valence-electron chi connectivity index (χ4n) is 2.26. The van der Waals surface area contributed by atoms with Crippen LogP contribution in [-0.4, -0.2) is 16.3 Å². The molecular weight excluding hydrogens is 212 g/mol. The summed E-state index contributed by atoms with van der Waals surface area (Å²) in [6.45, 7) is 1.87. The molecule has 0 unspecified atom stereocenters. The molecule has 0 aliphatic heterocycles. The molecule has 3 nitrogen and oxygen atoms in total. The lowest BCUT2D eigenvalue weighted by Crippen LogP contribution is -2.02. The first kappa shape index (κ1) is 12.1. The predicted molar refractivity (Wildman–Crippen MR) is 70.8 cm³/mol. The molecule has 0 fully saturated rings. The van der Waals surface area contributed by atoms with Crippen molar-refractivity contribution in [3.63, 3.8) is 0 Å². The van der Waals surface area contributed by atoms with E-state index in [2.05, 4.69) is 35.0 Å². The van der Waals surface area contributed by atoms with Crippen LogP contribution < -0.4 is 5.73 Å². The van der Waals surface area contributed by atoms with Crippen LogP contribution >= 0.6 is 0 Å². The van der Waals surface area contributed by atoms with Crippen molar-refractivity contribution in [1.29, 1.82) is 0 Å². The smallest absolute Gasteiger partial charge is 0.0525 e. The Morgan fingerprint density at radius 3 is 2.76 bits per heavy atom. The summed E-state index contributed by atoms with van der Waals surface area (Å²) in [7, 11) is 0. The van der Waals surface area contributed by atoms with Crippen LogP contribution in [0.4, 0.5) is 0 Å². The number of hydrogen-bond donors (Lipinski definition) is 2. The van der Waals surface area contributed by atoms with Gasteiger partial charge in [0.15, 0.2) is 0 Å². The molecular formula is C14H20N2O. The van der Waals surface area contributed by atoms with Crippen LogP contribution in [-0.2, 0) is 13.1 Å². The van der Waals surface area contributed by atoms with Crippen LogP contribution in [0.2, 0.25) is 0 Å². The molecule has 0 spiro atoms. The van der Waals surface area contributed by atoms with Crippen LogP contribution in [0.1, 0.15) is 24.8 Å². The van der Waals surface area contributed by atoms with E-state index in [0.717, 1.165) is 25.8 Å². The summed E-state index contributed by atoms with van der Waals surface area (Å²) in [4.78, 5) is 0. The van der Waals surface area contributed by atoms with Gasteiger partial charge in [-0.15, -0.1) is 0 Å². The molecule has 3 heteroatoms. The molecule has 1 heterocycles. The third kappa shape index (κ3) is 2.68. The van der Waals surface area contributed by atoms with Gasteiger partial charge in [0, 0.05) is 25.9 Å². The molecule has 0 bridgehead atoms. The van der Waals surface area contributed by atoms with Gasteiger partial charge in [-0.1, -0.05) is 18.2 Å². The second-order valence-electron chi connectivity index (χ2n) is 4.35. The second-order valence-corrected chi connectivity index (χ2v) is 4.35. The van der Waals surface area contributed by atoms with E-state index in [1.807, 2.05) is 0 Å². The Morgan fingerprint density at radius 1 is 1.12 bits per heavy atom. The zero-order chi connectivity index (χ0) is 12.1. The molecule has 0 amide bonds. The third-order valence-electron chi connectivity index (χ3n) is 3.15. The molecule has 92 valence electrons. The minimum atomic E-state index is 0.292. The van der Waals surface area contributed by atoms with E-state index in [0.29, 0.717) is 13.2 Å². The Morgan fingerprint density at radius 2 is 2.00 bits per heavy atom. The Bertz CT molecular complexity index is 476. The number of rotatable bonds is 6. The average molecular weight is 232 g/mol. The van der Waals surface area contributed by atoms with Gasteiger partial charge in [0.25, 0.3) is 0 Å². The molecule has 0 atom stereocenters. The van der Waals surface area contributed by atoms with Crippen molar-refractivity contribution in [2.75, 3.05) is 6.61 Å². The average Bonchev–Trinajstić information content (AvgIpc) is 2.78. The molecule has 0 saturated carbocycles. The first-order valence-electron chi connectivity index (χ1n) is 6.24. The Kier molecular flexibility index (Phi) is 4.18. The van der Waals surface area contributed by atoms with Crippen LogP contribution in [0.3, 0.4) is 0 Å². The molecule has 1 aromatic heterocycles.